The van der Waals surface area contributed by atoms with Crippen LogP contribution < -0.4 is 0 Å². The van der Waals surface area contributed by atoms with Crippen molar-refractivity contribution in [3.63, 3.8) is 0 Å². The molecule has 1 saturated carbocycles. The topological polar surface area (TPSA) is 86.6 Å². The monoisotopic (exact) mass is 483 g/mol. The SMILES string of the molecule is CC1CCN(C(=O)CC2c3nc(-c4cccnc4)sc3CC3C(C)(CO)C(O)CCC23C)CC1. The molecule has 0 spiro atoms. The highest BCUT2D eigenvalue weighted by Crippen LogP contribution is 2.63. The third kappa shape index (κ3) is 3.90. The molecule has 184 valence electrons. The first-order chi connectivity index (χ1) is 16.3. The molecule has 1 saturated heterocycles. The number of fused-ring (bicyclic) bond motifs is 2. The molecule has 3 heterocycles. The minimum absolute atomic E-state index is 0.0202. The van der Waals surface area contributed by atoms with Crippen LogP contribution in [0.2, 0.25) is 0 Å². The van der Waals surface area contributed by atoms with Crippen LogP contribution in [0.25, 0.3) is 10.6 Å². The summed E-state index contributed by atoms with van der Waals surface area (Å²) in [5.41, 5.74) is 1.25. The van der Waals surface area contributed by atoms with Gasteiger partial charge < -0.3 is 15.1 Å². The summed E-state index contributed by atoms with van der Waals surface area (Å²) in [4.78, 5) is 26.2. The van der Waals surface area contributed by atoms with Crippen LogP contribution in [0.5, 0.6) is 0 Å². The third-order valence-corrected chi connectivity index (χ3v) is 10.5. The first kappa shape index (κ1) is 23.9. The van der Waals surface area contributed by atoms with E-state index in [4.69, 9.17) is 4.98 Å². The highest BCUT2D eigenvalue weighted by Gasteiger charge is 2.59. The van der Waals surface area contributed by atoms with Gasteiger partial charge in [0.15, 0.2) is 0 Å². The molecule has 0 bridgehead atoms. The largest absolute Gasteiger partial charge is 0.396 e. The van der Waals surface area contributed by atoms with E-state index in [2.05, 4.69) is 18.8 Å². The van der Waals surface area contributed by atoms with Crippen LogP contribution in [0.15, 0.2) is 24.5 Å². The maximum Gasteiger partial charge on any atom is 0.223 e. The molecule has 2 aliphatic carbocycles. The lowest BCUT2D eigenvalue weighted by Gasteiger charge is -2.58. The van der Waals surface area contributed by atoms with Gasteiger partial charge in [0, 0.05) is 53.7 Å². The molecule has 2 fully saturated rings. The van der Waals surface area contributed by atoms with Gasteiger partial charge >= 0.3 is 0 Å². The Morgan fingerprint density at radius 2 is 2.03 bits per heavy atom. The predicted octanol–water partition coefficient (Wildman–Crippen LogP) is 4.27. The molecule has 6 nitrogen and oxygen atoms in total. The number of aliphatic hydroxyl groups excluding tert-OH is 2. The lowest BCUT2D eigenvalue weighted by atomic mass is 9.47. The Labute approximate surface area is 206 Å². The van der Waals surface area contributed by atoms with Crippen molar-refractivity contribution in [2.24, 2.45) is 22.7 Å². The molecular weight excluding hydrogens is 446 g/mol. The number of likely N-dealkylation sites (tertiary alicyclic amines) is 1. The Bertz CT molecular complexity index is 1030. The second kappa shape index (κ2) is 8.99. The normalized spacial score (nSPS) is 33.9. The van der Waals surface area contributed by atoms with Gasteiger partial charge in [-0.25, -0.2) is 4.98 Å². The molecule has 5 unspecified atom stereocenters. The minimum Gasteiger partial charge on any atom is -0.396 e. The molecule has 3 aliphatic rings. The Morgan fingerprint density at radius 1 is 1.26 bits per heavy atom. The summed E-state index contributed by atoms with van der Waals surface area (Å²) in [5, 5.41) is 22.3. The lowest BCUT2D eigenvalue weighted by Crippen LogP contribution is -2.57. The van der Waals surface area contributed by atoms with Crippen molar-refractivity contribution >= 4 is 17.2 Å². The zero-order valence-corrected chi connectivity index (χ0v) is 21.4. The van der Waals surface area contributed by atoms with Crippen LogP contribution in [0.1, 0.15) is 69.4 Å². The summed E-state index contributed by atoms with van der Waals surface area (Å²) in [6.45, 7) is 8.19. The molecule has 0 radical (unpaired) electrons. The smallest absolute Gasteiger partial charge is 0.223 e. The van der Waals surface area contributed by atoms with E-state index >= 15 is 0 Å². The number of amides is 1. The molecule has 5 atom stereocenters. The molecule has 0 aromatic carbocycles. The van der Waals surface area contributed by atoms with Crippen LogP contribution in [0.4, 0.5) is 0 Å². The molecule has 1 aliphatic heterocycles. The number of aliphatic hydroxyl groups is 2. The zero-order chi connectivity index (χ0) is 24.1. The molecule has 34 heavy (non-hydrogen) atoms. The van der Waals surface area contributed by atoms with E-state index in [1.165, 1.54) is 4.88 Å². The maximum absolute atomic E-state index is 13.6. The van der Waals surface area contributed by atoms with Gasteiger partial charge in [-0.3, -0.25) is 9.78 Å². The number of rotatable bonds is 4. The highest BCUT2D eigenvalue weighted by atomic mass is 32.1. The first-order valence-electron chi connectivity index (χ1n) is 12.7. The van der Waals surface area contributed by atoms with Crippen LogP contribution in [-0.2, 0) is 11.2 Å². The summed E-state index contributed by atoms with van der Waals surface area (Å²) in [7, 11) is 0. The van der Waals surface area contributed by atoms with Crippen molar-refractivity contribution in [3.8, 4) is 10.6 Å². The first-order valence-corrected chi connectivity index (χ1v) is 13.5. The number of carbonyl (C=O) groups is 1. The van der Waals surface area contributed by atoms with Crippen LogP contribution in [-0.4, -0.2) is 56.8 Å². The van der Waals surface area contributed by atoms with E-state index in [1.807, 2.05) is 30.2 Å². The summed E-state index contributed by atoms with van der Waals surface area (Å²) in [5.74, 6) is 0.964. The van der Waals surface area contributed by atoms with Crippen molar-refractivity contribution in [1.29, 1.82) is 0 Å². The fourth-order valence-corrected chi connectivity index (χ4v) is 7.98. The predicted molar refractivity (Wildman–Crippen MR) is 133 cm³/mol. The van der Waals surface area contributed by atoms with Gasteiger partial charge in [0.2, 0.25) is 5.91 Å². The van der Waals surface area contributed by atoms with Gasteiger partial charge in [-0.1, -0.05) is 20.8 Å². The van der Waals surface area contributed by atoms with Crippen molar-refractivity contribution in [3.05, 3.63) is 35.1 Å². The molecular formula is C27H37N3O3S. The van der Waals surface area contributed by atoms with Crippen molar-refractivity contribution < 1.29 is 15.0 Å². The van der Waals surface area contributed by atoms with E-state index < -0.39 is 11.5 Å². The average molecular weight is 484 g/mol. The fourth-order valence-electron chi connectivity index (χ4n) is 6.82. The molecule has 5 rings (SSSR count). The van der Waals surface area contributed by atoms with Gasteiger partial charge in [-0.05, 0) is 61.5 Å². The van der Waals surface area contributed by atoms with E-state index in [0.717, 1.165) is 55.0 Å². The fraction of sp³-hybridized carbons (Fsp3) is 0.667. The van der Waals surface area contributed by atoms with Crippen LogP contribution >= 0.6 is 11.3 Å². The van der Waals surface area contributed by atoms with Gasteiger partial charge in [-0.2, -0.15) is 0 Å². The number of hydrogen-bond donors (Lipinski definition) is 2. The van der Waals surface area contributed by atoms with Crippen molar-refractivity contribution in [2.75, 3.05) is 19.7 Å². The van der Waals surface area contributed by atoms with Crippen molar-refractivity contribution in [2.45, 2.75) is 71.3 Å². The summed E-state index contributed by atoms with van der Waals surface area (Å²) in [6.07, 6.45) is 7.91. The molecule has 2 aromatic rings. The van der Waals surface area contributed by atoms with Gasteiger partial charge in [0.25, 0.3) is 0 Å². The highest BCUT2D eigenvalue weighted by molar-refractivity contribution is 7.15. The summed E-state index contributed by atoms with van der Waals surface area (Å²) >= 11 is 1.68. The Balaban J connectivity index is 1.55. The number of aromatic nitrogens is 2. The van der Waals surface area contributed by atoms with Gasteiger partial charge in [0.1, 0.15) is 5.01 Å². The number of thiazole rings is 1. The quantitative estimate of drug-likeness (QED) is 0.678. The number of nitrogens with zero attached hydrogens (tertiary/aromatic N) is 3. The number of pyridine rings is 1. The average Bonchev–Trinajstić information content (AvgIpc) is 3.28. The Morgan fingerprint density at radius 3 is 2.71 bits per heavy atom. The van der Waals surface area contributed by atoms with E-state index in [-0.39, 0.29) is 29.8 Å². The van der Waals surface area contributed by atoms with Crippen molar-refractivity contribution in [1.82, 2.24) is 14.9 Å². The zero-order valence-electron chi connectivity index (χ0n) is 20.5. The number of carbonyl (C=O) groups excluding carboxylic acids is 1. The summed E-state index contributed by atoms with van der Waals surface area (Å²) in [6, 6.07) is 3.96. The summed E-state index contributed by atoms with van der Waals surface area (Å²) < 4.78 is 0. The standard InChI is InChI=1S/C27H37N3O3S/c1-17-7-11-30(12-8-17)23(33)13-19-24-20(34-25(29-24)18-5-4-10-28-15-18)14-21-26(19,2)9-6-22(32)27(21,3)16-31/h4-5,10,15,17,19,21-22,31-32H,6-9,11-14,16H2,1-3H3. The Kier molecular flexibility index (Phi) is 6.32. The van der Waals surface area contributed by atoms with E-state index in [9.17, 15) is 15.0 Å². The van der Waals surface area contributed by atoms with E-state index in [0.29, 0.717) is 18.8 Å². The molecule has 1 amide bonds. The molecule has 7 heteroatoms. The lowest BCUT2D eigenvalue weighted by molar-refractivity contribution is -0.147. The van der Waals surface area contributed by atoms with E-state index in [1.54, 1.807) is 17.5 Å². The Hall–Kier alpha value is -1.83. The molecule has 2 N–H and O–H groups in total. The number of hydrogen-bond acceptors (Lipinski definition) is 6. The third-order valence-electron chi connectivity index (χ3n) is 9.32. The second-order valence-corrected chi connectivity index (χ2v) is 12.5. The minimum atomic E-state index is -0.592. The number of piperidine rings is 1. The van der Waals surface area contributed by atoms with Crippen LogP contribution in [0, 0.1) is 22.7 Å². The molecule has 2 aromatic heterocycles. The van der Waals surface area contributed by atoms with Crippen LogP contribution in [0.3, 0.4) is 0 Å². The maximum atomic E-state index is 13.6. The van der Waals surface area contributed by atoms with Gasteiger partial charge in [0.05, 0.1) is 18.4 Å². The van der Waals surface area contributed by atoms with Gasteiger partial charge in [-0.15, -0.1) is 11.3 Å². The second-order valence-electron chi connectivity index (χ2n) is 11.4.